The summed E-state index contributed by atoms with van der Waals surface area (Å²) in [7, 11) is 0. The minimum atomic E-state index is -4.33. The number of halogens is 4. The number of aryl methyl sites for hydroxylation is 2. The number of hydrogen-bond acceptors (Lipinski definition) is 2. The Kier molecular flexibility index (Phi) is 4.13. The molecule has 6 heteroatoms. The second kappa shape index (κ2) is 5.52. The van der Waals surface area contributed by atoms with Crippen molar-refractivity contribution in [2.75, 3.05) is 0 Å². The fourth-order valence-corrected chi connectivity index (χ4v) is 2.31. The molecule has 0 atom stereocenters. The summed E-state index contributed by atoms with van der Waals surface area (Å²) in [4.78, 5) is 8.54. The van der Waals surface area contributed by atoms with E-state index in [1.807, 2.05) is 6.92 Å². The van der Waals surface area contributed by atoms with Gasteiger partial charge in [-0.25, -0.2) is 9.97 Å². The minimum absolute atomic E-state index is 0.535. The van der Waals surface area contributed by atoms with Crippen molar-refractivity contribution in [2.24, 2.45) is 0 Å². The highest BCUT2D eigenvalue weighted by Gasteiger charge is 2.30. The van der Waals surface area contributed by atoms with Gasteiger partial charge < -0.3 is 0 Å². The van der Waals surface area contributed by atoms with Gasteiger partial charge in [-0.1, -0.05) is 13.0 Å². The lowest BCUT2D eigenvalue weighted by Crippen LogP contribution is -2.05. The Balaban J connectivity index is 2.51. The summed E-state index contributed by atoms with van der Waals surface area (Å²) < 4.78 is 38.6. The van der Waals surface area contributed by atoms with Gasteiger partial charge in [0.05, 0.1) is 11.3 Å². The summed E-state index contributed by atoms with van der Waals surface area (Å²) in [6.45, 7) is 3.57. The Hall–Kier alpha value is -1.43. The van der Waals surface area contributed by atoms with E-state index in [0.717, 1.165) is 12.1 Å². The summed E-state index contributed by atoms with van der Waals surface area (Å²) in [5.41, 5.74) is 1.18. The van der Waals surface area contributed by atoms with E-state index in [2.05, 4.69) is 25.9 Å². The molecule has 2 rings (SSSR count). The normalized spacial score (nSPS) is 11.7. The maximum absolute atomic E-state index is 12.7. The summed E-state index contributed by atoms with van der Waals surface area (Å²) in [5, 5.41) is 0. The van der Waals surface area contributed by atoms with Gasteiger partial charge in [-0.05, 0) is 46.6 Å². The van der Waals surface area contributed by atoms with Gasteiger partial charge in [-0.2, -0.15) is 13.2 Å². The van der Waals surface area contributed by atoms with Crippen LogP contribution in [0.25, 0.3) is 11.3 Å². The molecule has 0 bridgehead atoms. The zero-order valence-electron chi connectivity index (χ0n) is 10.9. The molecule has 0 unspecified atom stereocenters. The lowest BCUT2D eigenvalue weighted by Gasteiger charge is -2.11. The van der Waals surface area contributed by atoms with Crippen molar-refractivity contribution >= 4 is 15.9 Å². The molecule has 1 heterocycles. The highest BCUT2D eigenvalue weighted by molar-refractivity contribution is 9.10. The Morgan fingerprint density at radius 1 is 1.15 bits per heavy atom. The van der Waals surface area contributed by atoms with Crippen molar-refractivity contribution in [2.45, 2.75) is 26.4 Å². The van der Waals surface area contributed by atoms with Crippen LogP contribution < -0.4 is 0 Å². The molecule has 0 fully saturated rings. The molecule has 0 N–H and O–H groups in total. The Morgan fingerprint density at radius 3 is 2.40 bits per heavy atom. The zero-order valence-corrected chi connectivity index (χ0v) is 12.5. The van der Waals surface area contributed by atoms with Gasteiger partial charge in [-0.15, -0.1) is 0 Å². The monoisotopic (exact) mass is 344 g/mol. The number of nitrogens with zero attached hydrogens (tertiary/aromatic N) is 2. The molecular formula is C14H12BrF3N2. The molecule has 0 amide bonds. The number of rotatable bonds is 2. The zero-order chi connectivity index (χ0) is 14.9. The van der Waals surface area contributed by atoms with E-state index in [4.69, 9.17) is 0 Å². The van der Waals surface area contributed by atoms with E-state index < -0.39 is 11.7 Å². The lowest BCUT2D eigenvalue weighted by molar-refractivity contribution is -0.137. The molecule has 20 heavy (non-hydrogen) atoms. The van der Waals surface area contributed by atoms with Gasteiger partial charge in [0.1, 0.15) is 10.4 Å². The fraction of sp³-hybridized carbons (Fsp3) is 0.286. The summed E-state index contributed by atoms with van der Waals surface area (Å²) in [5.74, 6) is 0.647. The quantitative estimate of drug-likeness (QED) is 0.731. The first kappa shape index (κ1) is 15.0. The van der Waals surface area contributed by atoms with E-state index in [9.17, 15) is 13.2 Å². The van der Waals surface area contributed by atoms with Crippen LogP contribution in [0.2, 0.25) is 0 Å². The second-order valence-corrected chi connectivity index (χ2v) is 5.19. The molecule has 0 aliphatic rings. The van der Waals surface area contributed by atoms with Crippen LogP contribution in [0, 0.1) is 6.92 Å². The van der Waals surface area contributed by atoms with E-state index in [1.54, 1.807) is 13.0 Å². The highest BCUT2D eigenvalue weighted by Crippen LogP contribution is 2.33. The van der Waals surface area contributed by atoms with Crippen molar-refractivity contribution in [1.29, 1.82) is 0 Å². The summed E-state index contributed by atoms with van der Waals surface area (Å²) >= 11 is 3.29. The Labute approximate surface area is 123 Å². The van der Waals surface area contributed by atoms with Crippen LogP contribution in [0.15, 0.2) is 28.9 Å². The molecule has 0 saturated heterocycles. The number of alkyl halides is 3. The average molecular weight is 345 g/mol. The van der Waals surface area contributed by atoms with Gasteiger partial charge in [0.25, 0.3) is 0 Å². The van der Waals surface area contributed by atoms with Gasteiger partial charge >= 0.3 is 6.18 Å². The van der Waals surface area contributed by atoms with Crippen molar-refractivity contribution in [3.63, 3.8) is 0 Å². The van der Waals surface area contributed by atoms with E-state index in [-0.39, 0.29) is 0 Å². The van der Waals surface area contributed by atoms with Crippen LogP contribution in [0.1, 0.15) is 23.9 Å². The number of benzene rings is 1. The maximum atomic E-state index is 12.7. The minimum Gasteiger partial charge on any atom is -0.233 e. The largest absolute Gasteiger partial charge is 0.416 e. The molecule has 0 radical (unpaired) electrons. The molecule has 1 aromatic heterocycles. The second-order valence-electron chi connectivity index (χ2n) is 4.37. The van der Waals surface area contributed by atoms with Crippen molar-refractivity contribution in [1.82, 2.24) is 9.97 Å². The standard InChI is InChI=1S/C14H12BrF3N2/c1-3-13-19-11(7-12(15)20-13)10-5-4-9(6-8(10)2)14(16,17)18/h4-7H,3H2,1-2H3. The SMILES string of the molecule is CCc1nc(Br)cc(-c2ccc(C(F)(F)F)cc2C)n1. The summed E-state index contributed by atoms with van der Waals surface area (Å²) in [6.07, 6.45) is -3.67. The molecule has 0 aliphatic carbocycles. The Morgan fingerprint density at radius 2 is 1.85 bits per heavy atom. The van der Waals surface area contributed by atoms with E-state index in [1.165, 1.54) is 6.07 Å². The molecule has 0 saturated carbocycles. The number of hydrogen-bond donors (Lipinski definition) is 0. The third kappa shape index (κ3) is 3.17. The van der Waals surface area contributed by atoms with Crippen molar-refractivity contribution in [3.05, 3.63) is 45.8 Å². The first-order valence-corrected chi connectivity index (χ1v) is 6.82. The first-order chi connectivity index (χ1) is 9.31. The molecule has 106 valence electrons. The fourth-order valence-electron chi connectivity index (χ4n) is 1.89. The molecule has 2 aromatic rings. The van der Waals surface area contributed by atoms with E-state index in [0.29, 0.717) is 33.7 Å². The predicted octanol–water partition coefficient (Wildman–Crippen LogP) is 4.80. The van der Waals surface area contributed by atoms with Gasteiger partial charge in [-0.3, -0.25) is 0 Å². The number of aromatic nitrogens is 2. The van der Waals surface area contributed by atoms with Gasteiger partial charge in [0.15, 0.2) is 0 Å². The molecular weight excluding hydrogens is 333 g/mol. The highest BCUT2D eigenvalue weighted by atomic mass is 79.9. The van der Waals surface area contributed by atoms with Crippen LogP contribution >= 0.6 is 15.9 Å². The van der Waals surface area contributed by atoms with Crippen LogP contribution in [-0.4, -0.2) is 9.97 Å². The Bertz CT molecular complexity index is 639. The molecule has 1 aromatic carbocycles. The summed E-state index contributed by atoms with van der Waals surface area (Å²) in [6, 6.07) is 5.36. The third-order valence-corrected chi connectivity index (χ3v) is 3.29. The van der Waals surface area contributed by atoms with Crippen molar-refractivity contribution < 1.29 is 13.2 Å². The topological polar surface area (TPSA) is 25.8 Å². The average Bonchev–Trinajstić information content (AvgIpc) is 2.36. The van der Waals surface area contributed by atoms with Crippen LogP contribution in [0.5, 0.6) is 0 Å². The van der Waals surface area contributed by atoms with Crippen LogP contribution in [-0.2, 0) is 12.6 Å². The van der Waals surface area contributed by atoms with Gasteiger partial charge in [0.2, 0.25) is 0 Å². The smallest absolute Gasteiger partial charge is 0.233 e. The molecule has 0 spiro atoms. The van der Waals surface area contributed by atoms with Gasteiger partial charge in [0, 0.05) is 12.0 Å². The maximum Gasteiger partial charge on any atom is 0.416 e. The third-order valence-electron chi connectivity index (χ3n) is 2.89. The molecule has 2 nitrogen and oxygen atoms in total. The van der Waals surface area contributed by atoms with Crippen LogP contribution in [0.3, 0.4) is 0 Å². The first-order valence-electron chi connectivity index (χ1n) is 6.03. The predicted molar refractivity (Wildman–Crippen MR) is 74.3 cm³/mol. The van der Waals surface area contributed by atoms with Crippen molar-refractivity contribution in [3.8, 4) is 11.3 Å². The molecule has 0 aliphatic heterocycles. The van der Waals surface area contributed by atoms with Crippen LogP contribution in [0.4, 0.5) is 13.2 Å². The lowest BCUT2D eigenvalue weighted by atomic mass is 10.0. The van der Waals surface area contributed by atoms with E-state index >= 15 is 0 Å².